The molecule has 0 fully saturated rings. The van der Waals surface area contributed by atoms with Crippen molar-refractivity contribution in [3.8, 4) is 0 Å². The van der Waals surface area contributed by atoms with Gasteiger partial charge in [-0.25, -0.2) is 0 Å². The number of aromatic nitrogens is 3. The maximum atomic E-state index is 12.1. The van der Waals surface area contributed by atoms with E-state index >= 15 is 0 Å². The minimum Gasteiger partial charge on any atom is -0.462 e. The summed E-state index contributed by atoms with van der Waals surface area (Å²) in [5.41, 5.74) is -0.515. The summed E-state index contributed by atoms with van der Waals surface area (Å²) in [6, 6.07) is 3.59. The lowest BCUT2D eigenvalue weighted by Crippen LogP contribution is -2.27. The predicted octanol–water partition coefficient (Wildman–Crippen LogP) is 0.269. The first-order valence-electron chi connectivity index (χ1n) is 5.53. The Morgan fingerprint density at radius 3 is 2.79 bits per heavy atom. The molecule has 0 saturated heterocycles. The van der Waals surface area contributed by atoms with Crippen LogP contribution in [0, 0.1) is 13.8 Å². The highest BCUT2D eigenvalue weighted by atomic mass is 32.1. The topological polar surface area (TPSA) is 77.5 Å². The fourth-order valence-electron chi connectivity index (χ4n) is 1.65. The van der Waals surface area contributed by atoms with Crippen LogP contribution in [-0.2, 0) is 0 Å². The van der Waals surface area contributed by atoms with Gasteiger partial charge in [0.05, 0.1) is 0 Å². The number of rotatable bonds is 1. The minimum absolute atomic E-state index is 0.202. The Balaban J connectivity index is 2.31. The quantitative estimate of drug-likeness (QED) is 0.637. The molecule has 7 heteroatoms. The highest BCUT2D eigenvalue weighted by Crippen LogP contribution is 2.07. The second-order valence-electron chi connectivity index (χ2n) is 4.06. The SMILES string of the molecule is Cc1ccc(/C=c2/sc3nc(=O)c(C)nn3c2=O)o1. The number of fused-ring (bicyclic) bond motifs is 1. The van der Waals surface area contributed by atoms with Gasteiger partial charge in [-0.1, -0.05) is 11.3 Å². The molecule has 0 atom stereocenters. The van der Waals surface area contributed by atoms with Gasteiger partial charge in [-0.2, -0.15) is 14.6 Å². The third-order valence-electron chi connectivity index (χ3n) is 2.58. The van der Waals surface area contributed by atoms with Crippen LogP contribution in [0.1, 0.15) is 17.2 Å². The Morgan fingerprint density at radius 2 is 2.11 bits per heavy atom. The van der Waals surface area contributed by atoms with E-state index in [-0.39, 0.29) is 16.2 Å². The summed E-state index contributed by atoms with van der Waals surface area (Å²) >= 11 is 1.11. The molecule has 0 aliphatic heterocycles. The van der Waals surface area contributed by atoms with Crippen LogP contribution in [0.2, 0.25) is 0 Å². The molecule has 0 saturated carbocycles. The number of furan rings is 1. The van der Waals surface area contributed by atoms with Gasteiger partial charge in [-0.15, -0.1) is 0 Å². The molecule has 0 radical (unpaired) electrons. The Kier molecular flexibility index (Phi) is 2.56. The maximum Gasteiger partial charge on any atom is 0.295 e. The van der Waals surface area contributed by atoms with E-state index in [1.54, 1.807) is 12.1 Å². The van der Waals surface area contributed by atoms with Crippen LogP contribution in [-0.4, -0.2) is 14.6 Å². The summed E-state index contributed by atoms with van der Waals surface area (Å²) in [4.78, 5) is 27.6. The molecule has 3 rings (SSSR count). The average molecular weight is 275 g/mol. The van der Waals surface area contributed by atoms with Gasteiger partial charge in [-0.05, 0) is 26.0 Å². The minimum atomic E-state index is -0.415. The van der Waals surface area contributed by atoms with E-state index in [1.807, 2.05) is 13.0 Å². The molecule has 0 amide bonds. The smallest absolute Gasteiger partial charge is 0.295 e. The van der Waals surface area contributed by atoms with Gasteiger partial charge in [0.2, 0.25) is 4.96 Å². The molecule has 0 aromatic carbocycles. The largest absolute Gasteiger partial charge is 0.462 e. The van der Waals surface area contributed by atoms with Gasteiger partial charge in [0.25, 0.3) is 11.1 Å². The lowest BCUT2D eigenvalue weighted by molar-refractivity contribution is 0.525. The first-order chi connectivity index (χ1) is 9.04. The van der Waals surface area contributed by atoms with E-state index in [0.717, 1.165) is 21.6 Å². The molecule has 19 heavy (non-hydrogen) atoms. The summed E-state index contributed by atoms with van der Waals surface area (Å²) in [7, 11) is 0. The monoisotopic (exact) mass is 275 g/mol. The van der Waals surface area contributed by atoms with Crippen LogP contribution in [0.5, 0.6) is 0 Å². The molecule has 0 spiro atoms. The molecule has 3 aromatic heterocycles. The van der Waals surface area contributed by atoms with Crippen LogP contribution < -0.4 is 15.7 Å². The summed E-state index contributed by atoms with van der Waals surface area (Å²) in [6.45, 7) is 3.35. The predicted molar refractivity (Wildman–Crippen MR) is 70.4 cm³/mol. The van der Waals surface area contributed by atoms with E-state index < -0.39 is 5.56 Å². The third kappa shape index (κ3) is 1.97. The Morgan fingerprint density at radius 1 is 1.32 bits per heavy atom. The van der Waals surface area contributed by atoms with Crippen LogP contribution in [0.25, 0.3) is 11.0 Å². The van der Waals surface area contributed by atoms with Crippen molar-refractivity contribution in [1.29, 1.82) is 0 Å². The van der Waals surface area contributed by atoms with Crippen LogP contribution in [0.4, 0.5) is 0 Å². The molecule has 0 aliphatic carbocycles. The molecular weight excluding hydrogens is 266 g/mol. The molecule has 0 N–H and O–H groups in total. The van der Waals surface area contributed by atoms with Gasteiger partial charge >= 0.3 is 0 Å². The Labute approximate surface area is 110 Å². The van der Waals surface area contributed by atoms with Crippen molar-refractivity contribution in [3.63, 3.8) is 0 Å². The summed E-state index contributed by atoms with van der Waals surface area (Å²) < 4.78 is 6.96. The zero-order valence-corrected chi connectivity index (χ0v) is 11.0. The number of thiazole rings is 1. The van der Waals surface area contributed by atoms with Gasteiger partial charge < -0.3 is 4.42 Å². The molecule has 0 aliphatic rings. The summed E-state index contributed by atoms with van der Waals surface area (Å²) in [6.07, 6.45) is 1.62. The number of nitrogens with zero attached hydrogens (tertiary/aromatic N) is 3. The second kappa shape index (κ2) is 4.13. The molecule has 96 valence electrons. The van der Waals surface area contributed by atoms with Crippen molar-refractivity contribution >= 4 is 22.4 Å². The molecule has 3 aromatic rings. The van der Waals surface area contributed by atoms with Crippen molar-refractivity contribution in [2.75, 3.05) is 0 Å². The molecule has 3 heterocycles. The molecular formula is C12H9N3O3S. The van der Waals surface area contributed by atoms with E-state index in [4.69, 9.17) is 4.42 Å². The normalized spacial score (nSPS) is 12.4. The zero-order chi connectivity index (χ0) is 13.6. The highest BCUT2D eigenvalue weighted by molar-refractivity contribution is 7.15. The Bertz CT molecular complexity index is 935. The first kappa shape index (κ1) is 11.8. The zero-order valence-electron chi connectivity index (χ0n) is 10.2. The number of hydrogen-bond acceptors (Lipinski definition) is 6. The van der Waals surface area contributed by atoms with Gasteiger partial charge in [0.1, 0.15) is 21.7 Å². The van der Waals surface area contributed by atoms with Gasteiger partial charge in [-0.3, -0.25) is 9.59 Å². The molecule has 6 nitrogen and oxygen atoms in total. The fourth-order valence-corrected chi connectivity index (χ4v) is 2.53. The standard InChI is InChI=1S/C12H9N3O3S/c1-6-3-4-8(18-6)5-9-11(17)15-12(19-9)13-10(16)7(2)14-15/h3-5H,1-2H3/b9-5+. The second-order valence-corrected chi connectivity index (χ2v) is 5.07. The lowest BCUT2D eigenvalue weighted by Gasteiger charge is -1.89. The van der Waals surface area contributed by atoms with Crippen LogP contribution in [0.3, 0.4) is 0 Å². The highest BCUT2D eigenvalue weighted by Gasteiger charge is 2.08. The fraction of sp³-hybridized carbons (Fsp3) is 0.167. The molecule has 0 unspecified atom stereocenters. The number of hydrogen-bond donors (Lipinski definition) is 0. The van der Waals surface area contributed by atoms with E-state index in [1.165, 1.54) is 6.92 Å². The van der Waals surface area contributed by atoms with Gasteiger partial charge in [0, 0.05) is 6.08 Å². The van der Waals surface area contributed by atoms with Crippen LogP contribution >= 0.6 is 11.3 Å². The average Bonchev–Trinajstić information content (AvgIpc) is 2.88. The van der Waals surface area contributed by atoms with Crippen molar-refractivity contribution in [3.05, 3.63) is 54.6 Å². The van der Waals surface area contributed by atoms with E-state index in [0.29, 0.717) is 10.3 Å². The summed E-state index contributed by atoms with van der Waals surface area (Å²) in [5, 5.41) is 3.93. The van der Waals surface area contributed by atoms with Crippen LogP contribution in [0.15, 0.2) is 26.1 Å². The van der Waals surface area contributed by atoms with E-state index in [9.17, 15) is 9.59 Å². The molecule has 0 bridgehead atoms. The summed E-state index contributed by atoms with van der Waals surface area (Å²) in [5.74, 6) is 1.35. The maximum absolute atomic E-state index is 12.1. The first-order valence-corrected chi connectivity index (χ1v) is 6.35. The van der Waals surface area contributed by atoms with Crippen molar-refractivity contribution < 1.29 is 4.42 Å². The third-order valence-corrected chi connectivity index (χ3v) is 3.54. The van der Waals surface area contributed by atoms with Crippen molar-refractivity contribution in [1.82, 2.24) is 14.6 Å². The lowest BCUT2D eigenvalue weighted by atomic mass is 10.4. The van der Waals surface area contributed by atoms with Gasteiger partial charge in [0.15, 0.2) is 0 Å². The Hall–Kier alpha value is -2.28. The van der Waals surface area contributed by atoms with E-state index in [2.05, 4.69) is 10.1 Å². The van der Waals surface area contributed by atoms with Crippen molar-refractivity contribution in [2.45, 2.75) is 13.8 Å². The van der Waals surface area contributed by atoms with Crippen molar-refractivity contribution in [2.24, 2.45) is 0 Å². The number of aryl methyl sites for hydroxylation is 2.